The summed E-state index contributed by atoms with van der Waals surface area (Å²) in [4.78, 5) is 0. The van der Waals surface area contributed by atoms with Crippen LogP contribution in [0.1, 0.15) is 19.8 Å². The van der Waals surface area contributed by atoms with Crippen LogP contribution < -0.4 is 5.73 Å². The molecule has 2 unspecified atom stereocenters. The molecule has 0 saturated heterocycles. The second kappa shape index (κ2) is 4.37. The topological polar surface area (TPSA) is 46.2 Å². The Hall–Kier alpha value is -0.520. The molecule has 3 N–H and O–H groups in total. The Balaban J connectivity index is 3.48. The first-order valence-corrected chi connectivity index (χ1v) is 3.12. The average Bonchev–Trinajstić information content (AvgIpc) is 1.87. The number of rotatable bonds is 3. The van der Waals surface area contributed by atoms with E-state index < -0.39 is 6.10 Å². The van der Waals surface area contributed by atoms with Crippen molar-refractivity contribution in [2.45, 2.75) is 31.9 Å². The van der Waals surface area contributed by atoms with E-state index in [1.165, 1.54) is 0 Å². The highest BCUT2D eigenvalue weighted by molar-refractivity contribution is 4.98. The Morgan fingerprint density at radius 3 is 2.67 bits per heavy atom. The molecule has 9 heavy (non-hydrogen) atoms. The Bertz CT molecular complexity index is 106. The predicted molar refractivity (Wildman–Crippen MR) is 37.7 cm³/mol. The van der Waals surface area contributed by atoms with Crippen molar-refractivity contribution in [2.24, 2.45) is 5.73 Å². The van der Waals surface area contributed by atoms with Gasteiger partial charge in [0.15, 0.2) is 0 Å². The molecule has 2 nitrogen and oxygen atoms in total. The van der Waals surface area contributed by atoms with Crippen LogP contribution in [0.15, 0.2) is 0 Å². The highest BCUT2D eigenvalue weighted by atomic mass is 16.3. The lowest BCUT2D eigenvalue weighted by Gasteiger charge is -2.11. The van der Waals surface area contributed by atoms with E-state index in [1.807, 2.05) is 6.92 Å². The molecule has 0 aromatic heterocycles. The summed E-state index contributed by atoms with van der Waals surface area (Å²) in [6.07, 6.45) is 5.89. The minimum Gasteiger partial charge on any atom is -0.379 e. The average molecular weight is 127 g/mol. The standard InChI is InChI=1S/C7H13NO/c1-3-5-6(8)7(9)4-2/h2,6-7,9H,3,5,8H2,1H3. The molecule has 0 rings (SSSR count). The Labute approximate surface area is 56.1 Å². The molecule has 0 fully saturated rings. The molecule has 0 bridgehead atoms. The number of aliphatic hydroxyl groups excluding tert-OH is 1. The summed E-state index contributed by atoms with van der Waals surface area (Å²) < 4.78 is 0. The van der Waals surface area contributed by atoms with Crippen molar-refractivity contribution >= 4 is 0 Å². The lowest BCUT2D eigenvalue weighted by molar-refractivity contribution is 0.195. The fourth-order valence-electron chi connectivity index (χ4n) is 0.615. The molecular formula is C7H13NO. The highest BCUT2D eigenvalue weighted by Gasteiger charge is 2.08. The molecule has 0 aromatic rings. The molecule has 0 amide bonds. The summed E-state index contributed by atoms with van der Waals surface area (Å²) in [5.41, 5.74) is 5.45. The molecule has 0 heterocycles. The number of nitrogens with two attached hydrogens (primary N) is 1. The van der Waals surface area contributed by atoms with E-state index in [2.05, 4.69) is 5.92 Å². The molecule has 0 radical (unpaired) electrons. The Morgan fingerprint density at radius 2 is 2.33 bits per heavy atom. The van der Waals surface area contributed by atoms with Gasteiger partial charge in [-0.1, -0.05) is 19.3 Å². The summed E-state index contributed by atoms with van der Waals surface area (Å²) in [7, 11) is 0. The van der Waals surface area contributed by atoms with Crippen molar-refractivity contribution in [1.29, 1.82) is 0 Å². The first kappa shape index (κ1) is 8.48. The van der Waals surface area contributed by atoms with Gasteiger partial charge in [0.1, 0.15) is 6.10 Å². The Kier molecular flexibility index (Phi) is 4.12. The second-order valence-electron chi connectivity index (χ2n) is 2.06. The van der Waals surface area contributed by atoms with Gasteiger partial charge in [-0.05, 0) is 6.42 Å². The van der Waals surface area contributed by atoms with Gasteiger partial charge in [-0.2, -0.15) is 0 Å². The van der Waals surface area contributed by atoms with Crippen LogP contribution in [0.4, 0.5) is 0 Å². The maximum Gasteiger partial charge on any atom is 0.129 e. The van der Waals surface area contributed by atoms with E-state index in [9.17, 15) is 0 Å². The zero-order valence-electron chi connectivity index (χ0n) is 5.67. The van der Waals surface area contributed by atoms with Crippen molar-refractivity contribution in [2.75, 3.05) is 0 Å². The molecule has 2 heteroatoms. The number of terminal acetylenes is 1. The monoisotopic (exact) mass is 127 g/mol. The predicted octanol–water partition coefficient (Wildman–Crippen LogP) is 0.108. The van der Waals surface area contributed by atoms with Gasteiger partial charge >= 0.3 is 0 Å². The summed E-state index contributed by atoms with van der Waals surface area (Å²) >= 11 is 0. The van der Waals surface area contributed by atoms with E-state index in [1.54, 1.807) is 0 Å². The number of hydrogen-bond donors (Lipinski definition) is 2. The first-order valence-electron chi connectivity index (χ1n) is 3.12. The van der Waals surface area contributed by atoms with Gasteiger partial charge in [0.05, 0.1) is 0 Å². The molecule has 0 aliphatic carbocycles. The maximum atomic E-state index is 8.90. The van der Waals surface area contributed by atoms with Crippen LogP contribution in [-0.2, 0) is 0 Å². The zero-order valence-corrected chi connectivity index (χ0v) is 5.67. The van der Waals surface area contributed by atoms with Crippen LogP contribution >= 0.6 is 0 Å². The van der Waals surface area contributed by atoms with Gasteiger partial charge in [-0.25, -0.2) is 0 Å². The van der Waals surface area contributed by atoms with E-state index in [0.29, 0.717) is 0 Å². The number of hydrogen-bond acceptors (Lipinski definition) is 2. The fourth-order valence-corrected chi connectivity index (χ4v) is 0.615. The maximum absolute atomic E-state index is 8.90. The summed E-state index contributed by atoms with van der Waals surface area (Å²) in [6.45, 7) is 2.00. The molecule has 0 saturated carbocycles. The minimum absolute atomic E-state index is 0.250. The van der Waals surface area contributed by atoms with Crippen molar-refractivity contribution < 1.29 is 5.11 Å². The van der Waals surface area contributed by atoms with Crippen molar-refractivity contribution in [3.05, 3.63) is 0 Å². The number of aliphatic hydroxyl groups is 1. The minimum atomic E-state index is -0.773. The molecule has 0 spiro atoms. The molecule has 2 atom stereocenters. The van der Waals surface area contributed by atoms with Gasteiger partial charge in [-0.3, -0.25) is 0 Å². The second-order valence-corrected chi connectivity index (χ2v) is 2.06. The fraction of sp³-hybridized carbons (Fsp3) is 0.714. The van der Waals surface area contributed by atoms with Gasteiger partial charge in [0.2, 0.25) is 0 Å². The van der Waals surface area contributed by atoms with Gasteiger partial charge in [0, 0.05) is 6.04 Å². The zero-order chi connectivity index (χ0) is 7.28. The molecule has 0 aliphatic rings. The SMILES string of the molecule is C#CC(O)C(N)CCC. The van der Waals surface area contributed by atoms with Crippen LogP contribution in [0.5, 0.6) is 0 Å². The largest absolute Gasteiger partial charge is 0.379 e. The third kappa shape index (κ3) is 3.12. The Morgan fingerprint density at radius 1 is 1.78 bits per heavy atom. The van der Waals surface area contributed by atoms with E-state index in [0.717, 1.165) is 12.8 Å². The normalized spacial score (nSPS) is 16.2. The van der Waals surface area contributed by atoms with Gasteiger partial charge in [0.25, 0.3) is 0 Å². The van der Waals surface area contributed by atoms with Gasteiger partial charge < -0.3 is 10.8 Å². The molecule has 0 aromatic carbocycles. The third-order valence-electron chi connectivity index (χ3n) is 1.20. The lowest BCUT2D eigenvalue weighted by Crippen LogP contribution is -2.33. The van der Waals surface area contributed by atoms with Gasteiger partial charge in [-0.15, -0.1) is 6.42 Å². The van der Waals surface area contributed by atoms with E-state index in [4.69, 9.17) is 17.3 Å². The van der Waals surface area contributed by atoms with Crippen molar-refractivity contribution in [1.82, 2.24) is 0 Å². The first-order chi connectivity index (χ1) is 4.22. The van der Waals surface area contributed by atoms with Crippen LogP contribution in [0.2, 0.25) is 0 Å². The summed E-state index contributed by atoms with van der Waals surface area (Å²) in [6, 6.07) is -0.250. The van der Waals surface area contributed by atoms with E-state index >= 15 is 0 Å². The molecular weight excluding hydrogens is 114 g/mol. The molecule has 52 valence electrons. The van der Waals surface area contributed by atoms with Crippen molar-refractivity contribution in [3.8, 4) is 12.3 Å². The van der Waals surface area contributed by atoms with Crippen LogP contribution in [0.3, 0.4) is 0 Å². The van der Waals surface area contributed by atoms with Crippen LogP contribution in [0.25, 0.3) is 0 Å². The smallest absolute Gasteiger partial charge is 0.129 e. The van der Waals surface area contributed by atoms with Crippen LogP contribution in [0, 0.1) is 12.3 Å². The summed E-state index contributed by atoms with van der Waals surface area (Å²) in [5.74, 6) is 2.18. The van der Waals surface area contributed by atoms with Crippen LogP contribution in [-0.4, -0.2) is 17.3 Å². The quantitative estimate of drug-likeness (QED) is 0.528. The van der Waals surface area contributed by atoms with E-state index in [-0.39, 0.29) is 6.04 Å². The lowest BCUT2D eigenvalue weighted by atomic mass is 10.1. The summed E-state index contributed by atoms with van der Waals surface area (Å²) in [5, 5.41) is 8.90. The molecule has 0 aliphatic heterocycles. The van der Waals surface area contributed by atoms with Crippen molar-refractivity contribution in [3.63, 3.8) is 0 Å². The highest BCUT2D eigenvalue weighted by Crippen LogP contribution is 1.97. The third-order valence-corrected chi connectivity index (χ3v) is 1.20.